The Kier molecular flexibility index (Phi) is 5.43. The van der Waals surface area contributed by atoms with E-state index in [-0.39, 0.29) is 0 Å². The highest BCUT2D eigenvalue weighted by Crippen LogP contribution is 2.41. The molecule has 2 heteroatoms. The van der Waals surface area contributed by atoms with Crippen molar-refractivity contribution < 1.29 is 0 Å². The third-order valence-electron chi connectivity index (χ3n) is 7.11. The van der Waals surface area contributed by atoms with Crippen LogP contribution < -0.4 is 0 Å². The van der Waals surface area contributed by atoms with Crippen molar-refractivity contribution >= 4 is 0 Å². The number of hydrogen-bond acceptors (Lipinski definition) is 2. The van der Waals surface area contributed by atoms with E-state index in [0.29, 0.717) is 0 Å². The first kappa shape index (κ1) is 17.7. The first-order valence-electron chi connectivity index (χ1n) is 10.2. The molecule has 0 aromatic rings. The van der Waals surface area contributed by atoms with Crippen molar-refractivity contribution in [3.8, 4) is 0 Å². The molecular weight excluding hydrogens is 280 g/mol. The Bertz CT molecular complexity index is 335. The molecule has 0 spiro atoms. The van der Waals surface area contributed by atoms with Gasteiger partial charge in [0.2, 0.25) is 0 Å². The first-order valence-corrected chi connectivity index (χ1v) is 10.2. The summed E-state index contributed by atoms with van der Waals surface area (Å²) in [5, 5.41) is 0. The predicted octanol–water partition coefficient (Wildman–Crippen LogP) is 4.86. The lowest BCUT2D eigenvalue weighted by molar-refractivity contribution is 0.0513. The molecule has 1 aliphatic heterocycles. The minimum absolute atomic E-state index is 0.768. The molecule has 1 heterocycles. The summed E-state index contributed by atoms with van der Waals surface area (Å²) >= 11 is 0. The Morgan fingerprint density at radius 3 is 1.17 bits per heavy atom. The van der Waals surface area contributed by atoms with Gasteiger partial charge in [-0.2, -0.15) is 0 Å². The monoisotopic (exact) mass is 319 g/mol. The maximum absolute atomic E-state index is 2.72. The Morgan fingerprint density at radius 2 is 0.870 bits per heavy atom. The number of rotatable bonds is 2. The summed E-state index contributed by atoms with van der Waals surface area (Å²) in [6.45, 7) is 19.9. The van der Waals surface area contributed by atoms with Crippen LogP contribution in [0.1, 0.15) is 67.2 Å². The van der Waals surface area contributed by atoms with Gasteiger partial charge in [-0.25, -0.2) is 0 Å². The molecule has 0 N–H and O–H groups in total. The quantitative estimate of drug-likeness (QED) is 0.717. The van der Waals surface area contributed by atoms with E-state index >= 15 is 0 Å². The van der Waals surface area contributed by atoms with Crippen LogP contribution >= 0.6 is 0 Å². The van der Waals surface area contributed by atoms with E-state index in [9.17, 15) is 0 Å². The van der Waals surface area contributed by atoms with Gasteiger partial charge in [-0.3, -0.25) is 9.80 Å². The minimum atomic E-state index is 0.768. The first-order chi connectivity index (χ1) is 10.9. The Balaban J connectivity index is 1.64. The molecule has 0 aromatic heterocycles. The lowest BCUT2D eigenvalue weighted by Gasteiger charge is -2.45. The van der Waals surface area contributed by atoms with E-state index in [4.69, 9.17) is 0 Å². The molecule has 0 unspecified atom stereocenters. The molecule has 1 saturated heterocycles. The summed E-state index contributed by atoms with van der Waals surface area (Å²) in [7, 11) is 0. The SMILES string of the molecule is CC1C[C@@H](C)C(N2[CH]N(C3[C@@H](C)CC(C)C[C@@H]3C)CC2)[C@H](C)C1. The fourth-order valence-corrected chi connectivity index (χ4v) is 6.71. The van der Waals surface area contributed by atoms with Gasteiger partial charge in [0.05, 0.1) is 6.67 Å². The van der Waals surface area contributed by atoms with Gasteiger partial charge in [-0.1, -0.05) is 41.5 Å². The standard InChI is InChI=1S/C21H39N2/c1-14-9-16(3)20(17(4)10-14)22-7-8-23(13-22)21-18(5)11-15(2)12-19(21)6/h13-21H,7-12H2,1-6H3/t14?,15?,16-,17-,18+,19+,20?,21?. The highest BCUT2D eigenvalue weighted by molar-refractivity contribution is 4.98. The third kappa shape index (κ3) is 3.63. The topological polar surface area (TPSA) is 6.48 Å². The smallest absolute Gasteiger partial charge is 0.0927 e. The van der Waals surface area contributed by atoms with Gasteiger partial charge < -0.3 is 0 Å². The zero-order valence-corrected chi connectivity index (χ0v) is 16.3. The third-order valence-corrected chi connectivity index (χ3v) is 7.11. The van der Waals surface area contributed by atoms with Crippen molar-refractivity contribution in [3.05, 3.63) is 6.67 Å². The summed E-state index contributed by atoms with van der Waals surface area (Å²) in [4.78, 5) is 5.44. The second-order valence-corrected chi connectivity index (χ2v) is 9.63. The van der Waals surface area contributed by atoms with Crippen molar-refractivity contribution in [2.24, 2.45) is 35.5 Å². The van der Waals surface area contributed by atoms with Crippen LogP contribution in [0.15, 0.2) is 0 Å². The number of hydrogen-bond donors (Lipinski definition) is 0. The molecule has 0 bridgehead atoms. The van der Waals surface area contributed by atoms with Crippen molar-refractivity contribution in [2.45, 2.75) is 79.3 Å². The Hall–Kier alpha value is -0.0800. The molecule has 2 aliphatic carbocycles. The Labute approximate surface area is 145 Å². The van der Waals surface area contributed by atoms with E-state index in [1.807, 2.05) is 0 Å². The fourth-order valence-electron chi connectivity index (χ4n) is 6.71. The fraction of sp³-hybridized carbons (Fsp3) is 0.952. The molecule has 133 valence electrons. The highest BCUT2D eigenvalue weighted by Gasteiger charge is 2.42. The van der Waals surface area contributed by atoms with Crippen molar-refractivity contribution in [3.63, 3.8) is 0 Å². The zero-order valence-electron chi connectivity index (χ0n) is 16.3. The van der Waals surface area contributed by atoms with Gasteiger partial charge in [-0.05, 0) is 61.2 Å². The lowest BCUT2D eigenvalue weighted by atomic mass is 9.73. The second-order valence-electron chi connectivity index (χ2n) is 9.63. The Morgan fingerprint density at radius 1 is 0.565 bits per heavy atom. The van der Waals surface area contributed by atoms with Gasteiger partial charge in [0.1, 0.15) is 0 Å². The predicted molar refractivity (Wildman–Crippen MR) is 98.7 cm³/mol. The van der Waals surface area contributed by atoms with Crippen molar-refractivity contribution in [1.29, 1.82) is 0 Å². The van der Waals surface area contributed by atoms with Gasteiger partial charge >= 0.3 is 0 Å². The van der Waals surface area contributed by atoms with E-state index in [2.05, 4.69) is 58.0 Å². The summed E-state index contributed by atoms with van der Waals surface area (Å²) < 4.78 is 0. The second kappa shape index (κ2) is 7.04. The van der Waals surface area contributed by atoms with Crippen LogP contribution in [0.3, 0.4) is 0 Å². The average Bonchev–Trinajstić information content (AvgIpc) is 2.85. The molecule has 0 aromatic carbocycles. The van der Waals surface area contributed by atoms with Crippen LogP contribution in [-0.2, 0) is 0 Å². The molecule has 2 saturated carbocycles. The maximum Gasteiger partial charge on any atom is 0.0927 e. The van der Waals surface area contributed by atoms with Crippen molar-refractivity contribution in [1.82, 2.24) is 9.80 Å². The molecule has 3 rings (SSSR count). The minimum Gasteiger partial charge on any atom is -0.281 e. The van der Waals surface area contributed by atoms with Crippen LogP contribution in [0.5, 0.6) is 0 Å². The molecule has 1 radical (unpaired) electrons. The molecule has 2 nitrogen and oxygen atoms in total. The van der Waals surface area contributed by atoms with Crippen LogP contribution in [0.25, 0.3) is 0 Å². The molecule has 23 heavy (non-hydrogen) atoms. The molecular formula is C21H39N2. The van der Waals surface area contributed by atoms with Crippen molar-refractivity contribution in [2.75, 3.05) is 13.1 Å². The molecule has 0 amide bonds. The van der Waals surface area contributed by atoms with Gasteiger partial charge in [0.25, 0.3) is 0 Å². The summed E-state index contributed by atoms with van der Waals surface area (Å²) in [5.41, 5.74) is 0. The van der Waals surface area contributed by atoms with E-state index in [1.165, 1.54) is 38.8 Å². The zero-order chi connectivity index (χ0) is 16.7. The maximum atomic E-state index is 2.72. The van der Waals surface area contributed by atoms with Gasteiger partial charge in [0, 0.05) is 25.2 Å². The van der Waals surface area contributed by atoms with Gasteiger partial charge in [0.15, 0.2) is 0 Å². The largest absolute Gasteiger partial charge is 0.281 e. The summed E-state index contributed by atoms with van der Waals surface area (Å²) in [6, 6.07) is 1.54. The van der Waals surface area contributed by atoms with Crippen LogP contribution in [-0.4, -0.2) is 35.0 Å². The van der Waals surface area contributed by atoms with E-state index in [0.717, 1.165) is 47.6 Å². The van der Waals surface area contributed by atoms with Crippen LogP contribution in [0, 0.1) is 42.2 Å². The normalized spacial score (nSPS) is 50.3. The van der Waals surface area contributed by atoms with E-state index in [1.54, 1.807) is 0 Å². The molecule has 4 atom stereocenters. The van der Waals surface area contributed by atoms with Crippen LogP contribution in [0.2, 0.25) is 0 Å². The highest BCUT2D eigenvalue weighted by atomic mass is 15.4. The summed E-state index contributed by atoms with van der Waals surface area (Å²) in [6.07, 6.45) is 5.64. The summed E-state index contributed by atoms with van der Waals surface area (Å²) in [5.74, 6) is 5.18. The molecule has 3 fully saturated rings. The molecule has 3 aliphatic rings. The van der Waals surface area contributed by atoms with Gasteiger partial charge in [-0.15, -0.1) is 0 Å². The van der Waals surface area contributed by atoms with E-state index < -0.39 is 0 Å². The number of nitrogens with zero attached hydrogens (tertiary/aromatic N) is 2. The van der Waals surface area contributed by atoms with Crippen LogP contribution in [0.4, 0.5) is 0 Å². The lowest BCUT2D eigenvalue weighted by Crippen LogP contribution is -2.48. The average molecular weight is 320 g/mol.